The zero-order chi connectivity index (χ0) is 27.8. The third kappa shape index (κ3) is 5.36. The minimum Gasteiger partial charge on any atom is -0.496 e. The number of carbonyl (C=O) groups is 1. The minimum atomic E-state index is -3.92. The van der Waals surface area contributed by atoms with Gasteiger partial charge in [-0.2, -0.15) is 0 Å². The van der Waals surface area contributed by atoms with Crippen LogP contribution in [0, 0.1) is 20.8 Å². The van der Waals surface area contributed by atoms with Crippen LogP contribution in [-0.2, 0) is 14.8 Å². The maximum atomic E-state index is 13.7. The second kappa shape index (κ2) is 10.7. The summed E-state index contributed by atoms with van der Waals surface area (Å²) in [6.45, 7) is 11.8. The number of carbonyl (C=O) groups excluding carboxylic acids is 1. The molecule has 2 atom stereocenters. The van der Waals surface area contributed by atoms with Gasteiger partial charge in [0, 0.05) is 0 Å². The van der Waals surface area contributed by atoms with Crippen molar-refractivity contribution in [1.29, 1.82) is 0 Å². The Morgan fingerprint density at radius 1 is 0.974 bits per heavy atom. The first-order valence-corrected chi connectivity index (χ1v) is 14.2. The smallest absolute Gasteiger partial charge is 0.264 e. The summed E-state index contributed by atoms with van der Waals surface area (Å²) in [6.07, 6.45) is -1.02. The molecule has 1 N–H and O–H groups in total. The van der Waals surface area contributed by atoms with Crippen LogP contribution < -0.4 is 19.1 Å². The van der Waals surface area contributed by atoms with Crippen molar-refractivity contribution >= 4 is 21.6 Å². The van der Waals surface area contributed by atoms with E-state index in [1.54, 1.807) is 43.5 Å². The fourth-order valence-electron chi connectivity index (χ4n) is 4.76. The molecule has 1 aliphatic heterocycles. The molecule has 1 heterocycles. The molecular formula is C30H36N2O5S. The molecule has 38 heavy (non-hydrogen) atoms. The molecular weight excluding hydrogens is 500 g/mol. The minimum absolute atomic E-state index is 0.135. The molecule has 3 aromatic rings. The maximum Gasteiger partial charge on any atom is 0.264 e. The van der Waals surface area contributed by atoms with Gasteiger partial charge >= 0.3 is 0 Å². The van der Waals surface area contributed by atoms with Gasteiger partial charge in [-0.3, -0.25) is 9.10 Å². The lowest BCUT2D eigenvalue weighted by molar-refractivity contribution is -0.128. The lowest BCUT2D eigenvalue weighted by Gasteiger charge is -2.35. The van der Waals surface area contributed by atoms with Crippen molar-refractivity contribution in [2.75, 3.05) is 18.0 Å². The molecule has 0 bridgehead atoms. The Morgan fingerprint density at radius 2 is 1.63 bits per heavy atom. The van der Waals surface area contributed by atoms with E-state index in [0.717, 1.165) is 33.6 Å². The van der Waals surface area contributed by atoms with Gasteiger partial charge in [0.2, 0.25) is 0 Å². The number of ether oxygens (including phenoxy) is 2. The summed E-state index contributed by atoms with van der Waals surface area (Å²) in [7, 11) is -2.27. The van der Waals surface area contributed by atoms with Crippen LogP contribution >= 0.6 is 0 Å². The Bertz CT molecular complexity index is 1450. The topological polar surface area (TPSA) is 84.9 Å². The van der Waals surface area contributed by atoms with Gasteiger partial charge in [-0.1, -0.05) is 37.6 Å². The normalized spacial score (nSPS) is 16.0. The van der Waals surface area contributed by atoms with E-state index in [2.05, 4.69) is 25.2 Å². The summed E-state index contributed by atoms with van der Waals surface area (Å²) in [6, 6.07) is 15.7. The average Bonchev–Trinajstić information content (AvgIpc) is 2.87. The summed E-state index contributed by atoms with van der Waals surface area (Å²) in [5.74, 6) is 1.05. The van der Waals surface area contributed by atoms with Crippen molar-refractivity contribution in [3.63, 3.8) is 0 Å². The molecule has 0 saturated carbocycles. The summed E-state index contributed by atoms with van der Waals surface area (Å²) < 4.78 is 40.3. The molecule has 0 saturated heterocycles. The SMILES string of the molecule is COc1cc(C)c([C@@H](C)NC(=O)[C@@H]2CN(S(=O)(=O)c3ccc(C)cc3)c3ccc(C)cc3O2)cc1C(C)C. The first-order valence-electron chi connectivity index (χ1n) is 12.8. The lowest BCUT2D eigenvalue weighted by atomic mass is 9.93. The Labute approximate surface area is 225 Å². The molecule has 0 fully saturated rings. The zero-order valence-electron chi connectivity index (χ0n) is 23.0. The van der Waals surface area contributed by atoms with E-state index in [-0.39, 0.29) is 29.3 Å². The van der Waals surface area contributed by atoms with Gasteiger partial charge in [0.25, 0.3) is 15.9 Å². The van der Waals surface area contributed by atoms with Crippen molar-refractivity contribution < 1.29 is 22.7 Å². The molecule has 1 aliphatic rings. The Morgan fingerprint density at radius 3 is 2.26 bits per heavy atom. The third-order valence-corrected chi connectivity index (χ3v) is 8.75. The molecule has 0 aromatic heterocycles. The predicted molar refractivity (Wildman–Crippen MR) is 150 cm³/mol. The zero-order valence-corrected chi connectivity index (χ0v) is 23.8. The quantitative estimate of drug-likeness (QED) is 0.426. The number of hydrogen-bond donors (Lipinski definition) is 1. The number of amides is 1. The molecule has 202 valence electrons. The molecule has 0 spiro atoms. The van der Waals surface area contributed by atoms with E-state index in [1.807, 2.05) is 39.8 Å². The number of anilines is 1. The van der Waals surface area contributed by atoms with Crippen LogP contribution in [-0.4, -0.2) is 34.1 Å². The summed E-state index contributed by atoms with van der Waals surface area (Å²) >= 11 is 0. The molecule has 0 radical (unpaired) electrons. The second-order valence-electron chi connectivity index (χ2n) is 10.3. The van der Waals surface area contributed by atoms with Crippen LogP contribution in [0.4, 0.5) is 5.69 Å². The van der Waals surface area contributed by atoms with Crippen LogP contribution in [0.2, 0.25) is 0 Å². The molecule has 0 aliphatic carbocycles. The van der Waals surface area contributed by atoms with Gasteiger partial charge in [0.15, 0.2) is 6.10 Å². The largest absolute Gasteiger partial charge is 0.496 e. The Kier molecular flexibility index (Phi) is 7.74. The van der Waals surface area contributed by atoms with E-state index in [4.69, 9.17) is 9.47 Å². The van der Waals surface area contributed by atoms with Gasteiger partial charge in [-0.15, -0.1) is 0 Å². The first kappa shape index (κ1) is 27.5. The van der Waals surface area contributed by atoms with Crippen molar-refractivity contribution in [3.8, 4) is 11.5 Å². The van der Waals surface area contributed by atoms with E-state index in [1.165, 1.54) is 4.31 Å². The van der Waals surface area contributed by atoms with Gasteiger partial charge in [0.1, 0.15) is 11.5 Å². The second-order valence-corrected chi connectivity index (χ2v) is 12.1. The molecule has 0 unspecified atom stereocenters. The maximum absolute atomic E-state index is 13.7. The van der Waals surface area contributed by atoms with E-state index >= 15 is 0 Å². The van der Waals surface area contributed by atoms with Crippen LogP contribution in [0.15, 0.2) is 59.5 Å². The van der Waals surface area contributed by atoms with E-state index in [9.17, 15) is 13.2 Å². The third-order valence-electron chi connectivity index (χ3n) is 6.95. The van der Waals surface area contributed by atoms with Gasteiger partial charge in [-0.05, 0) is 92.3 Å². The van der Waals surface area contributed by atoms with E-state index in [0.29, 0.717) is 11.4 Å². The van der Waals surface area contributed by atoms with E-state index < -0.39 is 16.1 Å². The number of nitrogens with zero attached hydrogens (tertiary/aromatic N) is 1. The van der Waals surface area contributed by atoms with Crippen molar-refractivity contribution in [1.82, 2.24) is 5.32 Å². The standard InChI is InChI=1S/C30H36N2O5S/c1-18(2)24-16-25(21(5)15-27(24)36-7)22(6)31-30(33)29-17-32(26-13-10-20(4)14-28(26)37-29)38(34,35)23-11-8-19(3)9-12-23/h8-16,18,22,29H,17H2,1-7H3,(H,31,33)/t22-,29+/m1/s1. The highest BCUT2D eigenvalue weighted by molar-refractivity contribution is 7.92. The monoisotopic (exact) mass is 536 g/mol. The fraction of sp³-hybridized carbons (Fsp3) is 0.367. The number of nitrogens with one attached hydrogen (secondary N) is 1. The van der Waals surface area contributed by atoms with Crippen LogP contribution in [0.5, 0.6) is 11.5 Å². The number of benzene rings is 3. The van der Waals surface area contributed by atoms with Crippen molar-refractivity contribution in [2.45, 2.75) is 64.5 Å². The van der Waals surface area contributed by atoms with Crippen molar-refractivity contribution in [3.05, 3.63) is 82.4 Å². The van der Waals surface area contributed by atoms with Crippen molar-refractivity contribution in [2.24, 2.45) is 0 Å². The molecule has 3 aromatic carbocycles. The summed E-state index contributed by atoms with van der Waals surface area (Å²) in [5, 5.41) is 3.05. The number of sulfonamides is 1. The van der Waals surface area contributed by atoms with Crippen LogP contribution in [0.25, 0.3) is 0 Å². The number of fused-ring (bicyclic) bond motifs is 1. The molecule has 1 amide bonds. The number of aryl methyl sites for hydroxylation is 3. The highest BCUT2D eigenvalue weighted by Crippen LogP contribution is 2.38. The van der Waals surface area contributed by atoms with Gasteiger partial charge < -0.3 is 14.8 Å². The van der Waals surface area contributed by atoms with Gasteiger partial charge in [-0.25, -0.2) is 8.42 Å². The summed E-state index contributed by atoms with van der Waals surface area (Å²) in [4.78, 5) is 13.7. The number of hydrogen-bond acceptors (Lipinski definition) is 5. The molecule has 8 heteroatoms. The first-order chi connectivity index (χ1) is 17.9. The molecule has 7 nitrogen and oxygen atoms in total. The Balaban J connectivity index is 1.64. The number of rotatable bonds is 7. The highest BCUT2D eigenvalue weighted by atomic mass is 32.2. The van der Waals surface area contributed by atoms with Crippen LogP contribution in [0.3, 0.4) is 0 Å². The fourth-order valence-corrected chi connectivity index (χ4v) is 6.23. The highest BCUT2D eigenvalue weighted by Gasteiger charge is 2.38. The average molecular weight is 537 g/mol. The van der Waals surface area contributed by atoms with Gasteiger partial charge in [0.05, 0.1) is 30.3 Å². The number of methoxy groups -OCH3 is 1. The lowest BCUT2D eigenvalue weighted by Crippen LogP contribution is -2.51. The molecule has 4 rings (SSSR count). The predicted octanol–water partition coefficient (Wildman–Crippen LogP) is 5.58. The summed E-state index contributed by atoms with van der Waals surface area (Å²) in [5.41, 5.74) is 5.31. The van der Waals surface area contributed by atoms with Crippen LogP contribution in [0.1, 0.15) is 60.5 Å². The Hall–Kier alpha value is -3.52.